The molecule has 0 unspecified atom stereocenters. The van der Waals surface area contributed by atoms with Gasteiger partial charge in [0, 0.05) is 30.3 Å². The molecule has 11 heteroatoms. The molecule has 6 N–H and O–H groups in total. The largest absolute Gasteiger partial charge is 0.508 e. The number of phenols is 1. The zero-order chi connectivity index (χ0) is 26.1. The first-order valence-electron chi connectivity index (χ1n) is 11.8. The topological polar surface area (TPSA) is 174 Å². The van der Waals surface area contributed by atoms with Crippen molar-refractivity contribution in [3.63, 3.8) is 0 Å². The van der Waals surface area contributed by atoms with E-state index >= 15 is 0 Å². The van der Waals surface area contributed by atoms with Gasteiger partial charge in [0.25, 0.3) is 5.91 Å². The lowest BCUT2D eigenvalue weighted by Gasteiger charge is -2.50. The summed E-state index contributed by atoms with van der Waals surface area (Å²) in [4.78, 5) is 42.6. The number of anilines is 1. The lowest BCUT2D eigenvalue weighted by molar-refractivity contribution is -0.153. The van der Waals surface area contributed by atoms with E-state index in [2.05, 4.69) is 4.90 Å². The first kappa shape index (κ1) is 24.3. The second kappa shape index (κ2) is 8.32. The minimum Gasteiger partial charge on any atom is -0.508 e. The van der Waals surface area contributed by atoms with Crippen molar-refractivity contribution in [2.75, 3.05) is 45.3 Å². The van der Waals surface area contributed by atoms with Gasteiger partial charge in [-0.2, -0.15) is 0 Å². The number of aliphatic hydroxyl groups is 3. The standard InChI is InChI=1S/C25H29N3O8/c1-27(2)19-13-10-11-9-12-14(28-5-7-36-8-6-28)3-4-15(29)17(12)20(30)16(11)22(32)25(13,35)23(33)18(21(19)31)24(26)34/h3-4,11,13,19,29-30,33,35H,5-10H2,1-2H3,(H2,26,34)/t11-,13+,19+,25+/m0/s1. The Kier molecular flexibility index (Phi) is 5.62. The second-order valence-corrected chi connectivity index (χ2v) is 10.0. The van der Waals surface area contributed by atoms with Crippen LogP contribution in [0.4, 0.5) is 5.69 Å². The van der Waals surface area contributed by atoms with E-state index in [1.165, 1.54) is 11.0 Å². The normalized spacial score (nSPS) is 30.3. The third-order valence-electron chi connectivity index (χ3n) is 7.93. The highest BCUT2D eigenvalue weighted by atomic mass is 16.5. The van der Waals surface area contributed by atoms with Gasteiger partial charge < -0.3 is 35.8 Å². The summed E-state index contributed by atoms with van der Waals surface area (Å²) in [6, 6.07) is 2.10. The fourth-order valence-electron chi connectivity index (χ4n) is 6.33. The molecule has 1 saturated carbocycles. The molecule has 0 aromatic heterocycles. The molecule has 3 aliphatic carbocycles. The number of aromatic hydroxyl groups is 1. The maximum atomic E-state index is 13.8. The SMILES string of the molecule is CN(C)[C@H]1C(=O)C(C(N)=O)=C(O)[C@]2(O)C(=O)C3=C(O)c4c(O)ccc(N5CCOCC5)c4C[C@H]3C[C@H]12. The van der Waals surface area contributed by atoms with E-state index in [0.717, 1.165) is 5.69 Å². The fourth-order valence-corrected chi connectivity index (χ4v) is 6.33. The Hall–Kier alpha value is -3.41. The molecular formula is C25H29N3O8. The summed E-state index contributed by atoms with van der Waals surface area (Å²) >= 11 is 0. The van der Waals surface area contributed by atoms with Crippen LogP contribution in [0.1, 0.15) is 17.5 Å². The van der Waals surface area contributed by atoms with E-state index in [-0.39, 0.29) is 29.7 Å². The van der Waals surface area contributed by atoms with Crippen LogP contribution >= 0.6 is 0 Å². The van der Waals surface area contributed by atoms with Crippen LogP contribution in [-0.2, 0) is 25.5 Å². The molecule has 5 rings (SSSR count). The summed E-state index contributed by atoms with van der Waals surface area (Å²) < 4.78 is 5.44. The molecule has 36 heavy (non-hydrogen) atoms. The van der Waals surface area contributed by atoms with Gasteiger partial charge in [0.2, 0.25) is 5.78 Å². The van der Waals surface area contributed by atoms with E-state index in [1.54, 1.807) is 20.2 Å². The summed E-state index contributed by atoms with van der Waals surface area (Å²) in [5.74, 6) is -6.55. The quantitative estimate of drug-likeness (QED) is 0.350. The van der Waals surface area contributed by atoms with Crippen molar-refractivity contribution in [1.29, 1.82) is 0 Å². The molecule has 1 aliphatic heterocycles. The highest BCUT2D eigenvalue weighted by Gasteiger charge is 2.64. The van der Waals surface area contributed by atoms with Crippen LogP contribution in [0.2, 0.25) is 0 Å². The first-order valence-corrected chi connectivity index (χ1v) is 11.8. The number of morpholine rings is 1. The van der Waals surface area contributed by atoms with Crippen LogP contribution in [0.5, 0.6) is 5.75 Å². The van der Waals surface area contributed by atoms with Gasteiger partial charge in [-0.05, 0) is 50.6 Å². The summed E-state index contributed by atoms with van der Waals surface area (Å²) in [7, 11) is 3.14. The van der Waals surface area contributed by atoms with Gasteiger partial charge in [0.1, 0.15) is 22.8 Å². The number of carbonyl (C=O) groups is 3. The van der Waals surface area contributed by atoms with Crippen molar-refractivity contribution in [2.24, 2.45) is 17.6 Å². The highest BCUT2D eigenvalue weighted by Crippen LogP contribution is 2.53. The number of nitrogens with zero attached hydrogens (tertiary/aromatic N) is 2. The summed E-state index contributed by atoms with van der Waals surface area (Å²) in [5.41, 5.74) is 3.27. The molecule has 2 fully saturated rings. The number of ether oxygens (including phenoxy) is 1. The predicted molar refractivity (Wildman–Crippen MR) is 127 cm³/mol. The lowest BCUT2D eigenvalue weighted by Crippen LogP contribution is -2.65. The van der Waals surface area contributed by atoms with E-state index in [9.17, 15) is 34.8 Å². The average molecular weight is 500 g/mol. The maximum Gasteiger partial charge on any atom is 0.255 e. The number of nitrogens with two attached hydrogens (primary N) is 1. The van der Waals surface area contributed by atoms with Crippen LogP contribution in [0.25, 0.3) is 5.76 Å². The van der Waals surface area contributed by atoms with Crippen molar-refractivity contribution in [2.45, 2.75) is 24.5 Å². The molecule has 11 nitrogen and oxygen atoms in total. The van der Waals surface area contributed by atoms with Gasteiger partial charge in [-0.25, -0.2) is 0 Å². The van der Waals surface area contributed by atoms with Crippen molar-refractivity contribution in [3.8, 4) is 5.75 Å². The number of phenolic OH excluding ortho intramolecular Hbond substituents is 1. The number of hydrogen-bond donors (Lipinski definition) is 5. The predicted octanol–water partition coefficient (Wildman–Crippen LogP) is -0.199. The Morgan fingerprint density at radius 1 is 1.17 bits per heavy atom. The minimum atomic E-state index is -2.64. The molecule has 0 spiro atoms. The van der Waals surface area contributed by atoms with Crippen molar-refractivity contribution < 1.29 is 39.5 Å². The second-order valence-electron chi connectivity index (χ2n) is 10.0. The van der Waals surface area contributed by atoms with E-state index < -0.39 is 58.0 Å². The smallest absolute Gasteiger partial charge is 0.255 e. The molecule has 0 bridgehead atoms. The number of Topliss-reactive ketones (excluding diaryl/α,β-unsaturated/α-hetero) is 2. The number of carbonyl (C=O) groups excluding carboxylic acids is 3. The zero-order valence-electron chi connectivity index (χ0n) is 20.0. The third kappa shape index (κ3) is 3.19. The summed E-state index contributed by atoms with van der Waals surface area (Å²) in [6.07, 6.45) is 0.319. The van der Waals surface area contributed by atoms with E-state index in [4.69, 9.17) is 10.5 Å². The Balaban J connectivity index is 1.70. The Bertz CT molecular complexity index is 1250. The van der Waals surface area contributed by atoms with Gasteiger partial charge in [0.15, 0.2) is 11.4 Å². The number of fused-ring (bicyclic) bond motifs is 3. The number of hydrogen-bond acceptors (Lipinski definition) is 10. The van der Waals surface area contributed by atoms with Crippen LogP contribution < -0.4 is 10.6 Å². The monoisotopic (exact) mass is 499 g/mol. The van der Waals surface area contributed by atoms with Gasteiger partial charge in [0.05, 0.1) is 24.8 Å². The van der Waals surface area contributed by atoms with Crippen LogP contribution in [0.3, 0.4) is 0 Å². The van der Waals surface area contributed by atoms with Gasteiger partial charge in [-0.15, -0.1) is 0 Å². The molecular weight excluding hydrogens is 470 g/mol. The van der Waals surface area contributed by atoms with Crippen LogP contribution in [0, 0.1) is 11.8 Å². The minimum absolute atomic E-state index is 0.0595. The average Bonchev–Trinajstić information content (AvgIpc) is 2.81. The van der Waals surface area contributed by atoms with Gasteiger partial charge >= 0.3 is 0 Å². The number of primary amides is 1. The number of benzene rings is 1. The van der Waals surface area contributed by atoms with Crippen molar-refractivity contribution in [1.82, 2.24) is 4.90 Å². The van der Waals surface area contributed by atoms with Crippen LogP contribution in [0.15, 0.2) is 29.0 Å². The molecule has 0 radical (unpaired) electrons. The summed E-state index contributed by atoms with van der Waals surface area (Å²) in [6.45, 7) is 2.29. The number of amides is 1. The summed E-state index contributed by atoms with van der Waals surface area (Å²) in [5, 5.41) is 44.5. The molecule has 1 aromatic carbocycles. The lowest BCUT2D eigenvalue weighted by atomic mass is 9.57. The highest BCUT2D eigenvalue weighted by molar-refractivity contribution is 6.24. The number of aliphatic hydroxyl groups excluding tert-OH is 2. The first-order chi connectivity index (χ1) is 17.0. The van der Waals surface area contributed by atoms with E-state index in [0.29, 0.717) is 31.9 Å². The number of rotatable bonds is 3. The molecule has 1 amide bonds. The fraction of sp³-hybridized carbons (Fsp3) is 0.480. The molecule has 192 valence electrons. The molecule has 1 aromatic rings. The third-order valence-corrected chi connectivity index (χ3v) is 7.93. The Morgan fingerprint density at radius 2 is 1.83 bits per heavy atom. The van der Waals surface area contributed by atoms with Crippen molar-refractivity contribution >= 4 is 28.9 Å². The van der Waals surface area contributed by atoms with E-state index in [1.807, 2.05) is 0 Å². The van der Waals surface area contributed by atoms with Gasteiger partial charge in [-0.1, -0.05) is 0 Å². The number of likely N-dealkylation sites (N-methyl/N-ethyl adjacent to an activating group) is 1. The Labute approximate surface area is 207 Å². The maximum absolute atomic E-state index is 13.8. The van der Waals surface area contributed by atoms with Crippen molar-refractivity contribution in [3.05, 3.63) is 40.2 Å². The Morgan fingerprint density at radius 3 is 2.44 bits per heavy atom. The molecule has 1 saturated heterocycles. The van der Waals surface area contributed by atoms with Crippen LogP contribution in [-0.4, -0.2) is 94.8 Å². The molecule has 4 aliphatic rings. The molecule has 1 heterocycles. The van der Waals surface area contributed by atoms with Gasteiger partial charge in [-0.3, -0.25) is 19.3 Å². The molecule has 4 atom stereocenters. The zero-order valence-corrected chi connectivity index (χ0v) is 20.0. The number of ketones is 2.